The molecule has 1 aromatic rings. The van der Waals surface area contributed by atoms with E-state index in [1.165, 1.54) is 0 Å². The van der Waals surface area contributed by atoms with Crippen molar-refractivity contribution >= 4 is 61.5 Å². The predicted octanol–water partition coefficient (Wildman–Crippen LogP) is 0.563. The summed E-state index contributed by atoms with van der Waals surface area (Å²) in [7, 11) is -4.59. The monoisotopic (exact) mass is 234 g/mol. The minimum atomic E-state index is -4.59. The van der Waals surface area contributed by atoms with Crippen molar-refractivity contribution in [2.45, 2.75) is 4.90 Å². The summed E-state index contributed by atoms with van der Waals surface area (Å²) >= 11 is 0. The van der Waals surface area contributed by atoms with Gasteiger partial charge in [-0.1, -0.05) is 0 Å². The van der Waals surface area contributed by atoms with Crippen LogP contribution in [0.5, 0.6) is 0 Å². The first-order valence-electron chi connectivity index (χ1n) is 2.84. The number of hydrogen-bond acceptors (Lipinski definition) is 2. The third-order valence-corrected chi connectivity index (χ3v) is 2.06. The number of hydrogen-bond donors (Lipinski definition) is 1. The molecule has 0 heterocycles. The zero-order valence-corrected chi connectivity index (χ0v) is 6.48. The van der Waals surface area contributed by atoms with Crippen molar-refractivity contribution in [2.24, 2.45) is 0 Å². The maximum absolute atomic E-state index is 12.6. The van der Waals surface area contributed by atoms with E-state index in [0.717, 1.165) is 6.07 Å². The quantitative estimate of drug-likeness (QED) is 0.570. The normalized spacial score (nSPS) is 10.7. The molecule has 1 rings (SSSR count). The van der Waals surface area contributed by atoms with Crippen LogP contribution in [-0.4, -0.2) is 64.4 Å². The number of halogens is 2. The topological polar surface area (TPSA) is 54.4 Å². The van der Waals surface area contributed by atoms with E-state index in [9.17, 15) is 17.2 Å². The molecule has 0 aromatic heterocycles. The summed E-state index contributed by atoms with van der Waals surface area (Å²) in [5, 5.41) is 0. The Hall–Kier alpha value is 0.626. The Morgan fingerprint density at radius 2 is 1.77 bits per heavy atom. The third kappa shape index (κ3) is 3.70. The van der Waals surface area contributed by atoms with Gasteiger partial charge in [0.05, 0.1) is 0 Å². The second kappa shape index (κ2) is 4.92. The van der Waals surface area contributed by atoms with Crippen LogP contribution in [0, 0.1) is 11.6 Å². The SMILES string of the molecule is O=S(=O)(O)c1ccc(F)cc1F.[KH]. The van der Waals surface area contributed by atoms with Crippen molar-refractivity contribution < 1.29 is 21.8 Å². The Morgan fingerprint density at radius 3 is 2.15 bits per heavy atom. The molecule has 0 saturated carbocycles. The molecule has 0 unspecified atom stereocenters. The first-order valence-corrected chi connectivity index (χ1v) is 4.28. The Morgan fingerprint density at radius 1 is 1.23 bits per heavy atom. The molecule has 0 aliphatic rings. The molecule has 0 aliphatic carbocycles. The van der Waals surface area contributed by atoms with Gasteiger partial charge in [-0.25, -0.2) is 8.78 Å². The van der Waals surface area contributed by atoms with Gasteiger partial charge in [-0.3, -0.25) is 4.55 Å². The molecule has 0 radical (unpaired) electrons. The van der Waals surface area contributed by atoms with Crippen LogP contribution in [0.2, 0.25) is 0 Å². The average molecular weight is 234 g/mol. The average Bonchev–Trinajstić information content (AvgIpc) is 1.83. The number of benzene rings is 1. The predicted molar refractivity (Wildman–Crippen MR) is 43.3 cm³/mol. The Kier molecular flexibility index (Phi) is 5.16. The van der Waals surface area contributed by atoms with Gasteiger partial charge in [-0.05, 0) is 12.1 Å². The molecular formula is C6H5F2KO3S. The fraction of sp³-hybridized carbons (Fsp3) is 0. The van der Waals surface area contributed by atoms with Crippen LogP contribution >= 0.6 is 0 Å². The van der Waals surface area contributed by atoms with E-state index in [0.29, 0.717) is 12.1 Å². The van der Waals surface area contributed by atoms with Crippen LogP contribution in [0.25, 0.3) is 0 Å². The van der Waals surface area contributed by atoms with Crippen molar-refractivity contribution in [2.75, 3.05) is 0 Å². The van der Waals surface area contributed by atoms with E-state index in [2.05, 4.69) is 0 Å². The van der Waals surface area contributed by atoms with Gasteiger partial charge in [0.15, 0.2) is 0 Å². The zero-order valence-electron chi connectivity index (χ0n) is 5.66. The first-order chi connectivity index (χ1) is 5.41. The van der Waals surface area contributed by atoms with Crippen LogP contribution in [0.3, 0.4) is 0 Å². The molecular weight excluding hydrogens is 229 g/mol. The first kappa shape index (κ1) is 13.6. The third-order valence-electron chi connectivity index (χ3n) is 1.17. The standard InChI is InChI=1S/C6H4F2O3S.K.H/c7-4-1-2-6(5(8)3-4)12(9,10)11;;/h1-3H,(H,9,10,11);;. The van der Waals surface area contributed by atoms with Crippen molar-refractivity contribution in [3.05, 3.63) is 29.8 Å². The summed E-state index contributed by atoms with van der Waals surface area (Å²) in [6.07, 6.45) is 0. The molecule has 68 valence electrons. The molecule has 7 heteroatoms. The van der Waals surface area contributed by atoms with Gasteiger partial charge in [-0.2, -0.15) is 8.42 Å². The van der Waals surface area contributed by atoms with Crippen LogP contribution in [0.1, 0.15) is 0 Å². The molecule has 0 aliphatic heterocycles. The molecule has 13 heavy (non-hydrogen) atoms. The van der Waals surface area contributed by atoms with Crippen LogP contribution in [0.4, 0.5) is 8.78 Å². The number of rotatable bonds is 1. The van der Waals surface area contributed by atoms with E-state index in [4.69, 9.17) is 4.55 Å². The fourth-order valence-electron chi connectivity index (χ4n) is 0.684. The van der Waals surface area contributed by atoms with E-state index in [1.54, 1.807) is 0 Å². The van der Waals surface area contributed by atoms with Gasteiger partial charge in [-0.15, -0.1) is 0 Å². The van der Waals surface area contributed by atoms with E-state index < -0.39 is 26.6 Å². The van der Waals surface area contributed by atoms with Crippen molar-refractivity contribution in [1.82, 2.24) is 0 Å². The summed E-state index contributed by atoms with van der Waals surface area (Å²) in [4.78, 5) is -0.927. The molecule has 0 bridgehead atoms. The van der Waals surface area contributed by atoms with Gasteiger partial charge in [0, 0.05) is 6.07 Å². The Bertz CT molecular complexity index is 404. The van der Waals surface area contributed by atoms with Crippen LogP contribution < -0.4 is 0 Å². The van der Waals surface area contributed by atoms with Crippen LogP contribution in [0.15, 0.2) is 23.1 Å². The fourth-order valence-corrected chi connectivity index (χ4v) is 1.23. The van der Waals surface area contributed by atoms with E-state index >= 15 is 0 Å². The second-order valence-electron chi connectivity index (χ2n) is 2.05. The Labute approximate surface area is 116 Å². The molecule has 1 N–H and O–H groups in total. The summed E-state index contributed by atoms with van der Waals surface area (Å²) < 4.78 is 53.9. The van der Waals surface area contributed by atoms with Gasteiger partial charge in [0.25, 0.3) is 10.1 Å². The zero-order chi connectivity index (χ0) is 9.35. The molecule has 0 atom stereocenters. The molecule has 3 nitrogen and oxygen atoms in total. The molecule has 0 fully saturated rings. The van der Waals surface area contributed by atoms with E-state index in [1.807, 2.05) is 0 Å². The van der Waals surface area contributed by atoms with Gasteiger partial charge >= 0.3 is 51.4 Å². The van der Waals surface area contributed by atoms with Crippen molar-refractivity contribution in [1.29, 1.82) is 0 Å². The Balaban J connectivity index is 0.00000144. The minimum absolute atomic E-state index is 0. The van der Waals surface area contributed by atoms with Gasteiger partial charge < -0.3 is 0 Å². The molecule has 0 amide bonds. The molecule has 0 spiro atoms. The molecule has 0 saturated heterocycles. The van der Waals surface area contributed by atoms with Crippen molar-refractivity contribution in [3.8, 4) is 0 Å². The summed E-state index contributed by atoms with van der Waals surface area (Å²) in [5.74, 6) is -2.21. The summed E-state index contributed by atoms with van der Waals surface area (Å²) in [6, 6.07) is 1.77. The summed E-state index contributed by atoms with van der Waals surface area (Å²) in [5.41, 5.74) is 0. The van der Waals surface area contributed by atoms with Gasteiger partial charge in [0.1, 0.15) is 16.5 Å². The van der Waals surface area contributed by atoms with Crippen LogP contribution in [-0.2, 0) is 10.1 Å². The second-order valence-corrected chi connectivity index (χ2v) is 3.44. The maximum atomic E-state index is 12.6. The summed E-state index contributed by atoms with van der Waals surface area (Å²) in [6.45, 7) is 0. The van der Waals surface area contributed by atoms with Crippen molar-refractivity contribution in [3.63, 3.8) is 0 Å². The van der Waals surface area contributed by atoms with Gasteiger partial charge in [0.2, 0.25) is 0 Å². The molecule has 1 aromatic carbocycles. The van der Waals surface area contributed by atoms with E-state index in [-0.39, 0.29) is 51.4 Å².